The van der Waals surface area contributed by atoms with E-state index in [1.54, 1.807) is 6.08 Å². The summed E-state index contributed by atoms with van der Waals surface area (Å²) in [6.07, 6.45) is 39.4. The molecule has 8 unspecified atom stereocenters. The molecule has 8 atom stereocenters. The smallest absolute Gasteiger partial charge is 0.393 e. The number of rotatable bonds is 47. The van der Waals surface area contributed by atoms with Crippen molar-refractivity contribution >= 4 is 13.7 Å². The average Bonchev–Trinajstić information content (AvgIpc) is 3.32. The minimum absolute atomic E-state index is 0.253. The quantitative estimate of drug-likeness (QED) is 0.0158. The lowest BCUT2D eigenvalue weighted by Gasteiger charge is -2.41. The van der Waals surface area contributed by atoms with E-state index in [1.807, 2.05) is 0 Å². The Morgan fingerprint density at radius 2 is 0.855 bits per heavy atom. The minimum atomic E-state index is -5.16. The Labute approximate surface area is 419 Å². The molecule has 69 heavy (non-hydrogen) atoms. The van der Waals surface area contributed by atoms with Gasteiger partial charge in [0.25, 0.3) is 0 Å². The average molecular weight is 1000 g/mol. The molecule has 0 saturated heterocycles. The van der Waals surface area contributed by atoms with Crippen LogP contribution < -0.4 is 5.32 Å². The fourth-order valence-corrected chi connectivity index (χ4v) is 9.89. The van der Waals surface area contributed by atoms with E-state index in [2.05, 4.69) is 43.5 Å². The summed E-state index contributed by atoms with van der Waals surface area (Å²) in [5.74, 6) is -0.603. The van der Waals surface area contributed by atoms with Gasteiger partial charge in [0.2, 0.25) is 5.91 Å². The Kier molecular flexibility index (Phi) is 41.8. The Hall–Kier alpha value is -1.48. The lowest BCUT2D eigenvalue weighted by Crippen LogP contribution is -2.64. The Balaban J connectivity index is 2.47. The second-order valence-corrected chi connectivity index (χ2v) is 21.4. The highest BCUT2D eigenvalue weighted by molar-refractivity contribution is 7.47. The van der Waals surface area contributed by atoms with Gasteiger partial charge in [0, 0.05) is 0 Å². The first-order chi connectivity index (χ1) is 33.3. The summed E-state index contributed by atoms with van der Waals surface area (Å²) >= 11 is 0. The predicted octanol–water partition coefficient (Wildman–Crippen LogP) is 11.3. The number of nitrogens with one attached hydrogen (secondary N) is 1. The van der Waals surface area contributed by atoms with Crippen LogP contribution in [0.1, 0.15) is 245 Å². The van der Waals surface area contributed by atoms with Crippen LogP contribution in [0, 0.1) is 0 Å². The number of unbranched alkanes of at least 4 members (excludes halogenated alkanes) is 30. The fourth-order valence-electron chi connectivity index (χ4n) is 8.92. The van der Waals surface area contributed by atoms with E-state index < -0.39 is 75.2 Å². The molecule has 1 saturated carbocycles. The molecule has 13 nitrogen and oxygen atoms in total. The van der Waals surface area contributed by atoms with Crippen molar-refractivity contribution in [3.05, 3.63) is 36.5 Å². The summed E-state index contributed by atoms with van der Waals surface area (Å²) in [5, 5.41) is 74.8. The molecule has 1 aliphatic rings. The Morgan fingerprint density at radius 1 is 0.507 bits per heavy atom. The van der Waals surface area contributed by atoms with Crippen molar-refractivity contribution < 1.29 is 59.0 Å². The molecule has 406 valence electrons. The molecule has 0 aromatic carbocycles. The summed E-state index contributed by atoms with van der Waals surface area (Å²) < 4.78 is 23.0. The number of allylic oxidation sites excluding steroid dienone is 5. The number of hydrogen-bond acceptors (Lipinski definition) is 11. The van der Waals surface area contributed by atoms with Gasteiger partial charge in [-0.05, 0) is 44.9 Å². The third kappa shape index (κ3) is 35.3. The van der Waals surface area contributed by atoms with Gasteiger partial charge >= 0.3 is 7.82 Å². The van der Waals surface area contributed by atoms with Gasteiger partial charge in [0.05, 0.1) is 31.3 Å². The Bertz CT molecular complexity index is 1320. The van der Waals surface area contributed by atoms with Gasteiger partial charge in [-0.1, -0.05) is 230 Å². The third-order valence-electron chi connectivity index (χ3n) is 13.5. The second-order valence-electron chi connectivity index (χ2n) is 20.0. The third-order valence-corrected chi connectivity index (χ3v) is 14.4. The highest BCUT2D eigenvalue weighted by Crippen LogP contribution is 2.47. The Morgan fingerprint density at radius 3 is 1.28 bits per heavy atom. The van der Waals surface area contributed by atoms with Crippen molar-refractivity contribution in [2.75, 3.05) is 6.61 Å². The summed E-state index contributed by atoms with van der Waals surface area (Å²) in [4.78, 5) is 23.6. The first-order valence-electron chi connectivity index (χ1n) is 28.0. The van der Waals surface area contributed by atoms with Crippen molar-refractivity contribution in [3.8, 4) is 0 Å². The minimum Gasteiger partial charge on any atom is -0.393 e. The number of aliphatic hydroxyl groups excluding tert-OH is 7. The zero-order valence-electron chi connectivity index (χ0n) is 43.5. The van der Waals surface area contributed by atoms with Gasteiger partial charge in [-0.15, -0.1) is 0 Å². The number of phosphoric ester groups is 1. The van der Waals surface area contributed by atoms with E-state index in [0.717, 1.165) is 44.9 Å². The van der Waals surface area contributed by atoms with Crippen LogP contribution in [0.25, 0.3) is 0 Å². The van der Waals surface area contributed by atoms with Gasteiger partial charge in [-0.3, -0.25) is 13.8 Å². The van der Waals surface area contributed by atoms with Gasteiger partial charge in [0.1, 0.15) is 36.6 Å². The van der Waals surface area contributed by atoms with E-state index in [1.165, 1.54) is 167 Å². The molecule has 1 aliphatic carbocycles. The summed E-state index contributed by atoms with van der Waals surface area (Å²) in [6.45, 7) is 3.77. The summed E-state index contributed by atoms with van der Waals surface area (Å²) in [6, 6.07) is -1.26. The maximum atomic E-state index is 13.1. The lowest BCUT2D eigenvalue weighted by molar-refractivity contribution is -0.220. The van der Waals surface area contributed by atoms with Crippen LogP contribution in [-0.4, -0.2) is 108 Å². The molecule has 0 spiro atoms. The number of phosphoric acid groups is 1. The van der Waals surface area contributed by atoms with Crippen molar-refractivity contribution in [1.82, 2.24) is 5.32 Å². The van der Waals surface area contributed by atoms with Crippen LogP contribution in [0.15, 0.2) is 36.5 Å². The van der Waals surface area contributed by atoms with Crippen molar-refractivity contribution in [1.29, 1.82) is 0 Å². The lowest BCUT2D eigenvalue weighted by atomic mass is 9.85. The molecule has 1 fully saturated rings. The normalized spacial score (nSPS) is 22.2. The van der Waals surface area contributed by atoms with Crippen molar-refractivity contribution in [2.45, 2.75) is 300 Å². The first-order valence-corrected chi connectivity index (χ1v) is 29.5. The topological polar surface area (TPSA) is 226 Å². The highest BCUT2D eigenvalue weighted by Gasteiger charge is 2.51. The van der Waals surface area contributed by atoms with E-state index in [-0.39, 0.29) is 6.42 Å². The number of carbonyl (C=O) groups excluding carboxylic acids is 1. The van der Waals surface area contributed by atoms with Gasteiger partial charge in [-0.2, -0.15) is 0 Å². The number of amides is 1. The monoisotopic (exact) mass is 1000 g/mol. The summed E-state index contributed by atoms with van der Waals surface area (Å²) in [5.41, 5.74) is 0. The van der Waals surface area contributed by atoms with E-state index >= 15 is 0 Å². The standard InChI is InChI=1S/C55H104NO12P/c1-3-5-7-9-11-13-15-17-19-21-23-24-25-27-29-31-33-35-37-39-41-43-48(58)47(45-67-69(65,66)68-55-53(63)51(61)50(60)52(62)54(55)64)56-49(59)44-46(57)42-40-38-36-34-32-30-28-26-22-20-18-16-14-12-10-8-6-4-2/h25,27,33,35,41,43,46-48,50-55,57-58,60-64H,3-24,26,28-32,34,36-40,42,44-45H2,1-2H3,(H,56,59)(H,65,66)/b27-25+,35-33+,43-41+. The zero-order chi connectivity index (χ0) is 50.8. The molecular weight excluding hydrogens is 898 g/mol. The van der Waals surface area contributed by atoms with Crippen LogP contribution >= 0.6 is 7.82 Å². The maximum Gasteiger partial charge on any atom is 0.472 e. The van der Waals surface area contributed by atoms with Crippen LogP contribution in [-0.2, 0) is 18.4 Å². The van der Waals surface area contributed by atoms with E-state index in [4.69, 9.17) is 9.05 Å². The SMILES string of the molecule is CCCCCCCCCCCCC/C=C/CC/C=C/CC/C=C/C(O)C(COP(=O)(O)OC1C(O)C(O)C(O)C(O)C1O)NC(=O)CC(O)CCCCCCCCCCCCCCCCCCCC. The number of carbonyl (C=O) groups is 1. The molecule has 0 heterocycles. The van der Waals surface area contributed by atoms with Crippen LogP contribution in [0.2, 0.25) is 0 Å². The molecule has 0 radical (unpaired) electrons. The van der Waals surface area contributed by atoms with Gasteiger partial charge in [-0.25, -0.2) is 4.57 Å². The molecule has 1 amide bonds. The zero-order valence-corrected chi connectivity index (χ0v) is 44.4. The highest BCUT2D eigenvalue weighted by atomic mass is 31.2. The molecule has 0 aliphatic heterocycles. The van der Waals surface area contributed by atoms with Gasteiger partial charge < -0.3 is 46.0 Å². The van der Waals surface area contributed by atoms with E-state index in [0.29, 0.717) is 19.3 Å². The van der Waals surface area contributed by atoms with Gasteiger partial charge in [0.15, 0.2) is 0 Å². The van der Waals surface area contributed by atoms with Crippen molar-refractivity contribution in [2.24, 2.45) is 0 Å². The molecule has 0 bridgehead atoms. The van der Waals surface area contributed by atoms with E-state index in [9.17, 15) is 50.0 Å². The predicted molar refractivity (Wildman–Crippen MR) is 280 cm³/mol. The number of aliphatic hydroxyl groups is 7. The fraction of sp³-hybridized carbons (Fsp3) is 0.873. The molecule has 0 aromatic rings. The summed E-state index contributed by atoms with van der Waals surface area (Å²) in [7, 11) is -5.16. The van der Waals surface area contributed by atoms with Crippen LogP contribution in [0.5, 0.6) is 0 Å². The van der Waals surface area contributed by atoms with Crippen LogP contribution in [0.3, 0.4) is 0 Å². The molecule has 1 rings (SSSR count). The second kappa shape index (κ2) is 44.0. The largest absolute Gasteiger partial charge is 0.472 e. The molecule has 14 heteroatoms. The first kappa shape index (κ1) is 65.5. The molecular formula is C55H104NO12P. The maximum absolute atomic E-state index is 13.1. The number of hydrogen-bond donors (Lipinski definition) is 9. The molecule has 0 aromatic heterocycles. The van der Waals surface area contributed by atoms with Crippen LogP contribution in [0.4, 0.5) is 0 Å². The molecule has 9 N–H and O–H groups in total. The van der Waals surface area contributed by atoms with Crippen molar-refractivity contribution in [3.63, 3.8) is 0 Å².